The molecule has 1 aliphatic rings. The molecule has 1 aliphatic carbocycles. The van der Waals surface area contributed by atoms with Gasteiger partial charge in [-0.3, -0.25) is 4.79 Å². The van der Waals surface area contributed by atoms with Gasteiger partial charge in [-0.25, -0.2) is 0 Å². The van der Waals surface area contributed by atoms with Gasteiger partial charge < -0.3 is 16.2 Å². The second kappa shape index (κ2) is 6.27. The maximum Gasteiger partial charge on any atom is 0.224 e. The van der Waals surface area contributed by atoms with Crippen LogP contribution in [0, 0.1) is 5.92 Å². The first-order valence-electron chi connectivity index (χ1n) is 7.30. The molecular weight excluding hydrogens is 252 g/mol. The number of carbonyl (C=O) groups is 1. The Balaban J connectivity index is 1.81. The second-order valence-electron chi connectivity index (χ2n) is 6.12. The number of anilines is 1. The number of carbonyl (C=O) groups excluding carboxylic acids is 1. The van der Waals surface area contributed by atoms with Crippen molar-refractivity contribution in [3.63, 3.8) is 0 Å². The van der Waals surface area contributed by atoms with Crippen molar-refractivity contribution >= 4 is 11.6 Å². The largest absolute Gasteiger partial charge is 0.399 e. The van der Waals surface area contributed by atoms with Gasteiger partial charge in [0.25, 0.3) is 0 Å². The third kappa shape index (κ3) is 4.23. The smallest absolute Gasteiger partial charge is 0.224 e. The highest BCUT2D eigenvalue weighted by Gasteiger charge is 2.32. The highest BCUT2D eigenvalue weighted by atomic mass is 16.3. The monoisotopic (exact) mass is 276 g/mol. The number of rotatable bonds is 4. The second-order valence-corrected chi connectivity index (χ2v) is 6.12. The first-order chi connectivity index (χ1) is 9.47. The summed E-state index contributed by atoms with van der Waals surface area (Å²) in [5, 5.41) is 13.3. The molecule has 0 aromatic heterocycles. The maximum atomic E-state index is 11.9. The Hall–Kier alpha value is -1.55. The standard InChI is InChI=1S/C16H24N2O2/c1-12-3-2-8-16(20,10-12)11-18-15(19)9-13-4-6-14(17)7-5-13/h4-7,12,20H,2-3,8-11,17H2,1H3,(H,18,19). The molecule has 110 valence electrons. The lowest BCUT2D eigenvalue weighted by Gasteiger charge is -2.35. The van der Waals surface area contributed by atoms with Crippen LogP contribution in [0.3, 0.4) is 0 Å². The average Bonchev–Trinajstić information content (AvgIpc) is 2.39. The van der Waals surface area contributed by atoms with Crippen LogP contribution in [0.15, 0.2) is 24.3 Å². The van der Waals surface area contributed by atoms with Gasteiger partial charge in [0, 0.05) is 12.2 Å². The Morgan fingerprint density at radius 3 is 2.80 bits per heavy atom. The first kappa shape index (κ1) is 14.9. The van der Waals surface area contributed by atoms with Crippen molar-refractivity contribution in [3.8, 4) is 0 Å². The Morgan fingerprint density at radius 1 is 1.45 bits per heavy atom. The fourth-order valence-electron chi connectivity index (χ4n) is 2.94. The summed E-state index contributed by atoms with van der Waals surface area (Å²) in [4.78, 5) is 11.9. The number of hydrogen-bond acceptors (Lipinski definition) is 3. The van der Waals surface area contributed by atoms with Gasteiger partial charge in [-0.2, -0.15) is 0 Å². The van der Waals surface area contributed by atoms with Gasteiger partial charge in [-0.05, 0) is 36.5 Å². The Morgan fingerprint density at radius 2 is 2.15 bits per heavy atom. The van der Waals surface area contributed by atoms with E-state index in [4.69, 9.17) is 5.73 Å². The molecule has 0 saturated heterocycles. The van der Waals surface area contributed by atoms with Gasteiger partial charge in [-0.1, -0.05) is 31.9 Å². The van der Waals surface area contributed by atoms with Crippen LogP contribution < -0.4 is 11.1 Å². The Kier molecular flexibility index (Phi) is 4.65. The van der Waals surface area contributed by atoms with Gasteiger partial charge in [0.1, 0.15) is 0 Å². The molecule has 1 aromatic rings. The topological polar surface area (TPSA) is 75.3 Å². The van der Waals surface area contributed by atoms with Gasteiger partial charge in [-0.15, -0.1) is 0 Å². The van der Waals surface area contributed by atoms with E-state index >= 15 is 0 Å². The van der Waals surface area contributed by atoms with E-state index in [9.17, 15) is 9.90 Å². The molecule has 1 saturated carbocycles. The minimum Gasteiger partial charge on any atom is -0.399 e. The summed E-state index contributed by atoms with van der Waals surface area (Å²) in [5.74, 6) is 0.476. The molecule has 0 spiro atoms. The van der Waals surface area contributed by atoms with Crippen molar-refractivity contribution in [2.75, 3.05) is 12.3 Å². The van der Waals surface area contributed by atoms with Gasteiger partial charge in [0.2, 0.25) is 5.91 Å². The molecule has 2 atom stereocenters. The average molecular weight is 276 g/mol. The summed E-state index contributed by atoms with van der Waals surface area (Å²) >= 11 is 0. The van der Waals surface area contributed by atoms with Crippen LogP contribution in [0.4, 0.5) is 5.69 Å². The highest BCUT2D eigenvalue weighted by Crippen LogP contribution is 2.31. The van der Waals surface area contributed by atoms with E-state index < -0.39 is 5.60 Å². The van der Waals surface area contributed by atoms with Crippen molar-refractivity contribution in [1.82, 2.24) is 5.32 Å². The van der Waals surface area contributed by atoms with E-state index in [-0.39, 0.29) is 5.91 Å². The summed E-state index contributed by atoms with van der Waals surface area (Å²) in [7, 11) is 0. The van der Waals surface area contributed by atoms with Crippen molar-refractivity contribution in [1.29, 1.82) is 0 Å². The van der Waals surface area contributed by atoms with Crippen LogP contribution in [-0.2, 0) is 11.2 Å². The number of amides is 1. The van der Waals surface area contributed by atoms with Crippen molar-refractivity contribution < 1.29 is 9.90 Å². The summed E-state index contributed by atoms with van der Waals surface area (Å²) in [6, 6.07) is 7.29. The lowest BCUT2D eigenvalue weighted by molar-refractivity contribution is -0.122. The van der Waals surface area contributed by atoms with Gasteiger partial charge in [0.15, 0.2) is 0 Å². The Bertz CT molecular complexity index is 458. The highest BCUT2D eigenvalue weighted by molar-refractivity contribution is 5.78. The number of aliphatic hydroxyl groups is 1. The lowest BCUT2D eigenvalue weighted by atomic mass is 9.79. The number of nitrogens with one attached hydrogen (secondary N) is 1. The SMILES string of the molecule is CC1CCCC(O)(CNC(=O)Cc2ccc(N)cc2)C1. The molecule has 0 radical (unpaired) electrons. The summed E-state index contributed by atoms with van der Waals surface area (Å²) in [5.41, 5.74) is 6.51. The molecule has 4 nitrogen and oxygen atoms in total. The maximum absolute atomic E-state index is 11.9. The molecule has 2 unspecified atom stereocenters. The molecule has 4 N–H and O–H groups in total. The third-order valence-electron chi connectivity index (χ3n) is 4.03. The van der Waals surface area contributed by atoms with Crippen LogP contribution in [0.1, 0.15) is 38.2 Å². The Labute approximate surface area is 120 Å². The van der Waals surface area contributed by atoms with Crippen molar-refractivity contribution in [3.05, 3.63) is 29.8 Å². The summed E-state index contributed by atoms with van der Waals surface area (Å²) in [6.07, 6.45) is 4.08. The number of benzene rings is 1. The molecule has 1 fully saturated rings. The molecule has 1 aromatic carbocycles. The minimum atomic E-state index is -0.728. The molecule has 0 aliphatic heterocycles. The van der Waals surface area contributed by atoms with Crippen LogP contribution in [0.2, 0.25) is 0 Å². The zero-order valence-corrected chi connectivity index (χ0v) is 12.1. The van der Waals surface area contributed by atoms with Crippen LogP contribution in [-0.4, -0.2) is 23.2 Å². The van der Waals surface area contributed by atoms with Gasteiger partial charge >= 0.3 is 0 Å². The molecule has 2 rings (SSSR count). The zero-order valence-electron chi connectivity index (χ0n) is 12.1. The summed E-state index contributed by atoms with van der Waals surface area (Å²) in [6.45, 7) is 2.51. The quantitative estimate of drug-likeness (QED) is 0.735. The molecule has 20 heavy (non-hydrogen) atoms. The molecule has 1 amide bonds. The van der Waals surface area contributed by atoms with E-state index in [0.29, 0.717) is 24.6 Å². The normalized spacial score (nSPS) is 26.2. The van der Waals surface area contributed by atoms with E-state index in [2.05, 4.69) is 12.2 Å². The van der Waals surface area contributed by atoms with Crippen LogP contribution in [0.25, 0.3) is 0 Å². The van der Waals surface area contributed by atoms with E-state index in [1.54, 1.807) is 12.1 Å². The first-order valence-corrected chi connectivity index (χ1v) is 7.30. The minimum absolute atomic E-state index is 0.0542. The van der Waals surface area contributed by atoms with Crippen molar-refractivity contribution in [2.45, 2.75) is 44.6 Å². The van der Waals surface area contributed by atoms with Crippen LogP contribution in [0.5, 0.6) is 0 Å². The van der Waals surface area contributed by atoms with E-state index in [1.807, 2.05) is 12.1 Å². The fourth-order valence-corrected chi connectivity index (χ4v) is 2.94. The number of nitrogen functional groups attached to an aromatic ring is 1. The molecular formula is C16H24N2O2. The number of nitrogens with two attached hydrogens (primary N) is 1. The number of hydrogen-bond donors (Lipinski definition) is 3. The fraction of sp³-hybridized carbons (Fsp3) is 0.562. The molecule has 4 heteroatoms. The van der Waals surface area contributed by atoms with E-state index in [1.165, 1.54) is 6.42 Å². The predicted octanol–water partition coefficient (Wildman–Crippen LogP) is 1.87. The zero-order chi connectivity index (χ0) is 14.6. The summed E-state index contributed by atoms with van der Waals surface area (Å²) < 4.78 is 0. The lowest BCUT2D eigenvalue weighted by Crippen LogP contribution is -2.46. The van der Waals surface area contributed by atoms with E-state index in [0.717, 1.165) is 24.8 Å². The third-order valence-corrected chi connectivity index (χ3v) is 4.03. The molecule has 0 bridgehead atoms. The van der Waals surface area contributed by atoms with Gasteiger partial charge in [0.05, 0.1) is 12.0 Å². The molecule has 0 heterocycles. The predicted molar refractivity (Wildman–Crippen MR) is 80.1 cm³/mol. The van der Waals surface area contributed by atoms with Crippen molar-refractivity contribution in [2.24, 2.45) is 5.92 Å². The van der Waals surface area contributed by atoms with Crippen LogP contribution >= 0.6 is 0 Å².